The summed E-state index contributed by atoms with van der Waals surface area (Å²) in [6.45, 7) is 4.87. The van der Waals surface area contributed by atoms with E-state index in [1.54, 1.807) is 6.07 Å². The molecule has 0 aliphatic carbocycles. The molecule has 2 rings (SSSR count). The predicted octanol–water partition coefficient (Wildman–Crippen LogP) is 2.32. The second kappa shape index (κ2) is 5.61. The van der Waals surface area contributed by atoms with Crippen LogP contribution in [0.1, 0.15) is 24.0 Å². The van der Waals surface area contributed by atoms with Gasteiger partial charge in [-0.25, -0.2) is 4.39 Å². The Morgan fingerprint density at radius 3 is 2.94 bits per heavy atom. The van der Waals surface area contributed by atoms with Crippen LogP contribution in [0.25, 0.3) is 0 Å². The molecule has 2 nitrogen and oxygen atoms in total. The third kappa shape index (κ3) is 3.27. The molecular formula is C14H21FN2. The van der Waals surface area contributed by atoms with Gasteiger partial charge in [0.05, 0.1) is 0 Å². The van der Waals surface area contributed by atoms with Crippen LogP contribution in [0.4, 0.5) is 4.39 Å². The molecule has 94 valence electrons. The number of hydrogen-bond acceptors (Lipinski definition) is 2. The van der Waals surface area contributed by atoms with Crippen LogP contribution in [0.5, 0.6) is 0 Å². The van der Waals surface area contributed by atoms with Crippen molar-refractivity contribution in [3.8, 4) is 0 Å². The third-order valence-electron chi connectivity index (χ3n) is 3.60. The van der Waals surface area contributed by atoms with Gasteiger partial charge in [-0.05, 0) is 50.6 Å². The van der Waals surface area contributed by atoms with Crippen molar-refractivity contribution in [2.24, 2.45) is 0 Å². The fourth-order valence-electron chi connectivity index (χ4n) is 2.44. The summed E-state index contributed by atoms with van der Waals surface area (Å²) in [6.07, 6.45) is 2.59. The maximum absolute atomic E-state index is 13.1. The number of benzene rings is 1. The van der Waals surface area contributed by atoms with Crippen LogP contribution in [0, 0.1) is 12.7 Å². The quantitative estimate of drug-likeness (QED) is 0.863. The van der Waals surface area contributed by atoms with Gasteiger partial charge in [0.1, 0.15) is 5.82 Å². The van der Waals surface area contributed by atoms with Gasteiger partial charge in [0, 0.05) is 19.1 Å². The lowest BCUT2D eigenvalue weighted by Crippen LogP contribution is -2.35. The predicted molar refractivity (Wildman–Crippen MR) is 68.5 cm³/mol. The number of likely N-dealkylation sites (tertiary alicyclic amines) is 1. The van der Waals surface area contributed by atoms with E-state index in [1.165, 1.54) is 19.4 Å². The lowest BCUT2D eigenvalue weighted by molar-refractivity contribution is 0.300. The Morgan fingerprint density at radius 1 is 1.47 bits per heavy atom. The monoisotopic (exact) mass is 236 g/mol. The molecule has 1 aliphatic rings. The summed E-state index contributed by atoms with van der Waals surface area (Å²) in [5.41, 5.74) is 1.88. The van der Waals surface area contributed by atoms with Crippen molar-refractivity contribution < 1.29 is 4.39 Å². The molecule has 1 unspecified atom stereocenters. The molecule has 1 atom stereocenters. The van der Waals surface area contributed by atoms with Gasteiger partial charge in [0.25, 0.3) is 0 Å². The molecule has 1 aliphatic heterocycles. The Hall–Kier alpha value is -0.930. The van der Waals surface area contributed by atoms with Crippen LogP contribution in [-0.2, 0) is 6.54 Å². The highest BCUT2D eigenvalue weighted by Gasteiger charge is 2.19. The average molecular weight is 236 g/mol. The van der Waals surface area contributed by atoms with Gasteiger partial charge < -0.3 is 10.2 Å². The molecule has 1 aromatic carbocycles. The number of hydrogen-bond donors (Lipinski definition) is 1. The van der Waals surface area contributed by atoms with Crippen LogP contribution >= 0.6 is 0 Å². The molecule has 0 spiro atoms. The van der Waals surface area contributed by atoms with Gasteiger partial charge >= 0.3 is 0 Å². The molecule has 1 saturated heterocycles. The summed E-state index contributed by atoms with van der Waals surface area (Å²) < 4.78 is 13.1. The molecule has 17 heavy (non-hydrogen) atoms. The zero-order chi connectivity index (χ0) is 12.3. The van der Waals surface area contributed by atoms with Gasteiger partial charge in [0.15, 0.2) is 0 Å². The van der Waals surface area contributed by atoms with E-state index in [0.717, 1.165) is 24.2 Å². The molecule has 3 heteroatoms. The number of nitrogens with zero attached hydrogens (tertiary/aromatic N) is 1. The molecule has 0 bridgehead atoms. The first-order valence-corrected chi connectivity index (χ1v) is 6.33. The first kappa shape index (κ1) is 12.5. The van der Waals surface area contributed by atoms with Gasteiger partial charge in [-0.2, -0.15) is 0 Å². The van der Waals surface area contributed by atoms with E-state index in [2.05, 4.69) is 17.3 Å². The highest BCUT2D eigenvalue weighted by molar-refractivity contribution is 5.23. The Balaban J connectivity index is 1.79. The summed E-state index contributed by atoms with van der Waals surface area (Å²) in [4.78, 5) is 2.41. The van der Waals surface area contributed by atoms with Crippen LogP contribution < -0.4 is 5.32 Å². The maximum Gasteiger partial charge on any atom is 0.126 e. The fraction of sp³-hybridized carbons (Fsp3) is 0.571. The molecular weight excluding hydrogens is 215 g/mol. The lowest BCUT2D eigenvalue weighted by Gasteiger charge is -2.19. The van der Waals surface area contributed by atoms with E-state index in [4.69, 9.17) is 0 Å². The highest BCUT2D eigenvalue weighted by Crippen LogP contribution is 2.14. The number of likely N-dealkylation sites (N-methyl/N-ethyl adjacent to an activating group) is 1. The van der Waals surface area contributed by atoms with E-state index >= 15 is 0 Å². The number of rotatable bonds is 4. The molecule has 0 saturated carbocycles. The van der Waals surface area contributed by atoms with Crippen molar-refractivity contribution in [1.82, 2.24) is 10.2 Å². The van der Waals surface area contributed by atoms with Gasteiger partial charge in [-0.15, -0.1) is 0 Å². The van der Waals surface area contributed by atoms with Crippen LogP contribution in [0.15, 0.2) is 18.2 Å². The average Bonchev–Trinajstić information content (AvgIpc) is 2.70. The van der Waals surface area contributed by atoms with Crippen LogP contribution in [0.2, 0.25) is 0 Å². The Kier molecular flexibility index (Phi) is 4.13. The largest absolute Gasteiger partial charge is 0.311 e. The van der Waals surface area contributed by atoms with Crippen molar-refractivity contribution in [3.05, 3.63) is 35.1 Å². The van der Waals surface area contributed by atoms with Crippen molar-refractivity contribution in [1.29, 1.82) is 0 Å². The summed E-state index contributed by atoms with van der Waals surface area (Å²) in [5, 5.41) is 3.46. The first-order valence-electron chi connectivity index (χ1n) is 6.33. The summed E-state index contributed by atoms with van der Waals surface area (Å²) >= 11 is 0. The van der Waals surface area contributed by atoms with E-state index < -0.39 is 0 Å². The smallest absolute Gasteiger partial charge is 0.126 e. The van der Waals surface area contributed by atoms with Gasteiger partial charge in [-0.3, -0.25) is 0 Å². The Bertz CT molecular complexity index is 378. The number of aryl methyl sites for hydroxylation is 1. The second-order valence-electron chi connectivity index (χ2n) is 4.99. The lowest BCUT2D eigenvalue weighted by atomic mass is 10.1. The third-order valence-corrected chi connectivity index (χ3v) is 3.60. The summed E-state index contributed by atoms with van der Waals surface area (Å²) in [6, 6.07) is 5.99. The van der Waals surface area contributed by atoms with Gasteiger partial charge in [-0.1, -0.05) is 12.1 Å². The van der Waals surface area contributed by atoms with Crippen molar-refractivity contribution in [3.63, 3.8) is 0 Å². The van der Waals surface area contributed by atoms with Crippen LogP contribution in [-0.4, -0.2) is 31.1 Å². The number of halogens is 1. The summed E-state index contributed by atoms with van der Waals surface area (Å²) in [7, 11) is 2.18. The molecule has 1 N–H and O–H groups in total. The van der Waals surface area contributed by atoms with E-state index in [0.29, 0.717) is 6.04 Å². The standard InChI is InChI=1S/C14H21FN2/c1-11-8-12(5-6-14(11)15)9-16-10-13-4-3-7-17(13)2/h5-6,8,13,16H,3-4,7,9-10H2,1-2H3. The van der Waals surface area contributed by atoms with Gasteiger partial charge in [0.2, 0.25) is 0 Å². The van der Waals surface area contributed by atoms with E-state index in [9.17, 15) is 4.39 Å². The molecule has 1 heterocycles. The molecule has 1 fully saturated rings. The maximum atomic E-state index is 13.1. The van der Waals surface area contributed by atoms with E-state index in [-0.39, 0.29) is 5.82 Å². The minimum absolute atomic E-state index is 0.121. The molecule has 0 radical (unpaired) electrons. The zero-order valence-electron chi connectivity index (χ0n) is 10.7. The second-order valence-corrected chi connectivity index (χ2v) is 4.99. The van der Waals surface area contributed by atoms with E-state index in [1.807, 2.05) is 19.1 Å². The Labute approximate surface area is 103 Å². The zero-order valence-corrected chi connectivity index (χ0v) is 10.7. The Morgan fingerprint density at radius 2 is 2.29 bits per heavy atom. The van der Waals surface area contributed by atoms with Crippen LogP contribution in [0.3, 0.4) is 0 Å². The minimum Gasteiger partial charge on any atom is -0.311 e. The van der Waals surface area contributed by atoms with Crippen molar-refractivity contribution in [2.75, 3.05) is 20.1 Å². The summed E-state index contributed by atoms with van der Waals surface area (Å²) in [5.74, 6) is -0.121. The molecule has 1 aromatic rings. The minimum atomic E-state index is -0.121. The van der Waals surface area contributed by atoms with Crippen molar-refractivity contribution >= 4 is 0 Å². The topological polar surface area (TPSA) is 15.3 Å². The normalized spacial score (nSPS) is 21.0. The fourth-order valence-corrected chi connectivity index (χ4v) is 2.44. The number of nitrogens with one attached hydrogen (secondary N) is 1. The van der Waals surface area contributed by atoms with Crippen molar-refractivity contribution in [2.45, 2.75) is 32.4 Å². The highest BCUT2D eigenvalue weighted by atomic mass is 19.1. The molecule has 0 aromatic heterocycles. The molecule has 0 amide bonds. The first-order chi connectivity index (χ1) is 8.16. The SMILES string of the molecule is Cc1cc(CNCC2CCCN2C)ccc1F.